The Morgan fingerprint density at radius 2 is 1.38 bits per heavy atom. The van der Waals surface area contributed by atoms with Crippen molar-refractivity contribution >= 4 is 47.2 Å². The van der Waals surface area contributed by atoms with Crippen molar-refractivity contribution in [2.45, 2.75) is 70.3 Å². The molecule has 0 saturated heterocycles. The molecule has 32 heavy (non-hydrogen) atoms. The van der Waals surface area contributed by atoms with E-state index in [-0.39, 0.29) is 12.3 Å². The van der Waals surface area contributed by atoms with Crippen molar-refractivity contribution in [1.29, 1.82) is 0 Å². The average Bonchev–Trinajstić information content (AvgIpc) is 2.71. The van der Waals surface area contributed by atoms with Crippen LogP contribution in [0.1, 0.15) is 40.0 Å². The van der Waals surface area contributed by atoms with Crippen LogP contribution in [-0.2, 0) is 19.2 Å². The van der Waals surface area contributed by atoms with Crippen LogP contribution in [0.2, 0.25) is 0 Å². The molecule has 0 aromatic carbocycles. The lowest BCUT2D eigenvalue weighted by atomic mass is 10.0. The number of carboxylic acids is 1. The number of amides is 3. The molecule has 0 rings (SSSR count). The van der Waals surface area contributed by atoms with Crippen molar-refractivity contribution in [2.75, 3.05) is 24.0 Å². The molecule has 12 heteroatoms. The van der Waals surface area contributed by atoms with E-state index in [1.807, 2.05) is 26.4 Å². The van der Waals surface area contributed by atoms with E-state index >= 15 is 0 Å². The number of carbonyl (C=O) groups is 4. The minimum atomic E-state index is -1.38. The number of carboxylic acid groups (broad SMARTS) is 1. The fourth-order valence-electron chi connectivity index (χ4n) is 2.77. The molecule has 7 N–H and O–H groups in total. The fraction of sp³-hybridized carbons (Fsp3) is 0.800. The highest BCUT2D eigenvalue weighted by atomic mass is 32.2. The third kappa shape index (κ3) is 11.9. The van der Waals surface area contributed by atoms with E-state index in [9.17, 15) is 29.4 Å². The zero-order chi connectivity index (χ0) is 24.8. The highest BCUT2D eigenvalue weighted by Crippen LogP contribution is 2.08. The third-order valence-electron chi connectivity index (χ3n) is 4.60. The van der Waals surface area contributed by atoms with Gasteiger partial charge in [-0.3, -0.25) is 14.4 Å². The third-order valence-corrected chi connectivity index (χ3v) is 5.89. The number of carbonyl (C=O) groups excluding carboxylic acids is 3. The first-order valence-corrected chi connectivity index (χ1v) is 13.3. The summed E-state index contributed by atoms with van der Waals surface area (Å²) in [6.07, 6.45) is 3.38. The molecule has 5 unspecified atom stereocenters. The lowest BCUT2D eigenvalue weighted by Gasteiger charge is -2.27. The van der Waals surface area contributed by atoms with Gasteiger partial charge in [0.25, 0.3) is 0 Å². The summed E-state index contributed by atoms with van der Waals surface area (Å²) in [7, 11) is 0. The van der Waals surface area contributed by atoms with Crippen molar-refractivity contribution in [3.63, 3.8) is 0 Å². The molecular weight excluding hydrogens is 456 g/mol. The van der Waals surface area contributed by atoms with Crippen molar-refractivity contribution in [3.8, 4) is 0 Å². The van der Waals surface area contributed by atoms with E-state index in [1.165, 1.54) is 18.7 Å². The summed E-state index contributed by atoms with van der Waals surface area (Å²) in [5.41, 5.74) is 5.88. The molecule has 0 radical (unpaired) electrons. The zero-order valence-corrected chi connectivity index (χ0v) is 21.1. The lowest BCUT2D eigenvalue weighted by Crippen LogP contribution is -2.60. The molecule has 0 aliphatic rings. The number of aliphatic hydroxyl groups excluding tert-OH is 1. The summed E-state index contributed by atoms with van der Waals surface area (Å²) >= 11 is 2.99. The highest BCUT2D eigenvalue weighted by molar-refractivity contribution is 7.98. The number of nitrogens with two attached hydrogens (primary N) is 1. The summed E-state index contributed by atoms with van der Waals surface area (Å²) in [5, 5.41) is 26.8. The van der Waals surface area contributed by atoms with Crippen molar-refractivity contribution < 1.29 is 29.4 Å². The Labute approximate surface area is 198 Å². The van der Waals surface area contributed by atoms with E-state index in [4.69, 9.17) is 5.73 Å². The van der Waals surface area contributed by atoms with Gasteiger partial charge in [0.2, 0.25) is 17.7 Å². The topological polar surface area (TPSA) is 171 Å². The molecule has 0 aromatic heterocycles. The van der Waals surface area contributed by atoms with E-state index in [2.05, 4.69) is 16.0 Å². The Balaban J connectivity index is 5.33. The first kappa shape index (κ1) is 30.5. The smallest absolute Gasteiger partial charge is 0.326 e. The fourth-order valence-corrected chi connectivity index (χ4v) is 3.73. The molecule has 0 aliphatic carbocycles. The van der Waals surface area contributed by atoms with E-state index in [0.717, 1.165) is 0 Å². The Kier molecular flexibility index (Phi) is 15.4. The maximum Gasteiger partial charge on any atom is 0.326 e. The van der Waals surface area contributed by atoms with Gasteiger partial charge in [-0.15, -0.1) is 0 Å². The number of aliphatic carboxylic acids is 1. The average molecular weight is 495 g/mol. The first-order valence-electron chi connectivity index (χ1n) is 10.5. The summed E-state index contributed by atoms with van der Waals surface area (Å²) in [6, 6.07) is -4.25. The Bertz CT molecular complexity index is 621. The molecular formula is C20H38N4O6S2. The van der Waals surface area contributed by atoms with E-state index in [1.54, 1.807) is 11.8 Å². The minimum Gasteiger partial charge on any atom is -0.480 e. The monoisotopic (exact) mass is 494 g/mol. The highest BCUT2D eigenvalue weighted by Gasteiger charge is 2.32. The Morgan fingerprint density at radius 1 is 0.844 bits per heavy atom. The standard InChI is InChI=1S/C20H38N4O6S2/c1-11(2)10-15(23-17(26)13(21)6-8-31-4)18(27)24-16(12(3)25)19(28)22-14(20(29)30)7-9-32-5/h11-16,25H,6-10,21H2,1-5H3,(H,22,28)(H,23,26)(H,24,27)(H,29,30). The predicted molar refractivity (Wildman–Crippen MR) is 129 cm³/mol. The molecule has 186 valence electrons. The van der Waals surface area contributed by atoms with Crippen LogP contribution in [0.25, 0.3) is 0 Å². The molecule has 5 atom stereocenters. The number of aliphatic hydroxyl groups is 1. The van der Waals surface area contributed by atoms with Crippen LogP contribution in [0.15, 0.2) is 0 Å². The van der Waals surface area contributed by atoms with Gasteiger partial charge < -0.3 is 31.9 Å². The normalized spacial score (nSPS) is 15.9. The van der Waals surface area contributed by atoms with Crippen molar-refractivity contribution in [1.82, 2.24) is 16.0 Å². The van der Waals surface area contributed by atoms with Gasteiger partial charge in [-0.25, -0.2) is 4.79 Å². The van der Waals surface area contributed by atoms with Gasteiger partial charge in [0, 0.05) is 0 Å². The number of rotatable bonds is 16. The largest absolute Gasteiger partial charge is 0.480 e. The van der Waals surface area contributed by atoms with E-state index < -0.39 is 54.0 Å². The Hall–Kier alpha value is -1.50. The summed E-state index contributed by atoms with van der Waals surface area (Å²) in [4.78, 5) is 49.3. The molecule has 0 heterocycles. The second kappa shape index (κ2) is 16.2. The first-order chi connectivity index (χ1) is 14.9. The van der Waals surface area contributed by atoms with Crippen LogP contribution in [0.4, 0.5) is 0 Å². The lowest BCUT2D eigenvalue weighted by molar-refractivity contribution is -0.143. The van der Waals surface area contributed by atoms with Crippen LogP contribution < -0.4 is 21.7 Å². The number of hydrogen-bond donors (Lipinski definition) is 6. The van der Waals surface area contributed by atoms with Gasteiger partial charge in [-0.2, -0.15) is 23.5 Å². The SMILES string of the molecule is CSCCC(N)C(=O)NC(CC(C)C)C(=O)NC(C(=O)NC(CCSC)C(=O)O)C(C)O. The number of hydrogen-bond acceptors (Lipinski definition) is 8. The van der Waals surface area contributed by atoms with Gasteiger partial charge in [0.15, 0.2) is 0 Å². The number of nitrogens with one attached hydrogen (secondary N) is 3. The second-order valence-electron chi connectivity index (χ2n) is 7.99. The van der Waals surface area contributed by atoms with Crippen LogP contribution in [0, 0.1) is 5.92 Å². The van der Waals surface area contributed by atoms with Crippen molar-refractivity contribution in [2.24, 2.45) is 11.7 Å². The molecule has 0 aliphatic heterocycles. The Morgan fingerprint density at radius 3 is 1.84 bits per heavy atom. The van der Waals surface area contributed by atoms with Crippen molar-refractivity contribution in [3.05, 3.63) is 0 Å². The van der Waals surface area contributed by atoms with Crippen LogP contribution in [-0.4, -0.2) is 88.2 Å². The van der Waals surface area contributed by atoms with Gasteiger partial charge in [-0.05, 0) is 56.1 Å². The van der Waals surface area contributed by atoms with Crippen LogP contribution >= 0.6 is 23.5 Å². The molecule has 0 spiro atoms. The summed E-state index contributed by atoms with van der Waals surface area (Å²) in [6.45, 7) is 5.07. The molecule has 0 aromatic rings. The van der Waals surface area contributed by atoms with E-state index in [0.29, 0.717) is 24.3 Å². The van der Waals surface area contributed by atoms with Gasteiger partial charge in [0.05, 0.1) is 12.1 Å². The van der Waals surface area contributed by atoms with Gasteiger partial charge in [0.1, 0.15) is 18.1 Å². The molecule has 0 fully saturated rings. The predicted octanol–water partition coefficient (Wildman–Crippen LogP) is -0.214. The van der Waals surface area contributed by atoms with Gasteiger partial charge >= 0.3 is 5.97 Å². The van der Waals surface area contributed by atoms with Crippen LogP contribution in [0.3, 0.4) is 0 Å². The molecule has 10 nitrogen and oxygen atoms in total. The van der Waals surface area contributed by atoms with Crippen LogP contribution in [0.5, 0.6) is 0 Å². The maximum atomic E-state index is 12.9. The summed E-state index contributed by atoms with van der Waals surface area (Å²) in [5.74, 6) is -1.87. The molecule has 0 saturated carbocycles. The minimum absolute atomic E-state index is 0.0511. The zero-order valence-electron chi connectivity index (χ0n) is 19.4. The maximum absolute atomic E-state index is 12.9. The second-order valence-corrected chi connectivity index (χ2v) is 9.96. The molecule has 3 amide bonds. The van der Waals surface area contributed by atoms with Gasteiger partial charge in [-0.1, -0.05) is 13.8 Å². The quantitative estimate of drug-likeness (QED) is 0.170. The molecule has 0 bridgehead atoms. The summed E-state index contributed by atoms with van der Waals surface area (Å²) < 4.78 is 0. The number of thioether (sulfide) groups is 2.